The van der Waals surface area contributed by atoms with Gasteiger partial charge in [-0.2, -0.15) is 0 Å². The Labute approximate surface area is 170 Å². The second-order valence-electron chi connectivity index (χ2n) is 7.90. The Morgan fingerprint density at radius 1 is 1.03 bits per heavy atom. The molecule has 2 saturated heterocycles. The maximum atomic E-state index is 13.1. The molecule has 1 amide bonds. The number of piperazine rings is 1. The summed E-state index contributed by atoms with van der Waals surface area (Å²) < 4.78 is 1.57. The van der Waals surface area contributed by atoms with E-state index in [4.69, 9.17) is 4.98 Å². The third kappa shape index (κ3) is 4.03. The molecule has 1 atom stereocenters. The molecule has 0 aliphatic carbocycles. The van der Waals surface area contributed by atoms with E-state index in [-0.39, 0.29) is 17.5 Å². The summed E-state index contributed by atoms with van der Waals surface area (Å²) in [5.41, 5.74) is 1.37. The van der Waals surface area contributed by atoms with Gasteiger partial charge < -0.3 is 9.80 Å². The average Bonchev–Trinajstić information content (AvgIpc) is 2.77. The number of likely N-dealkylation sites (N-methyl/N-ethyl adjacent to an activating group) is 1. The minimum atomic E-state index is -0.219. The summed E-state index contributed by atoms with van der Waals surface area (Å²) in [6.45, 7) is 3.70. The molecule has 154 valence electrons. The molecule has 2 fully saturated rings. The first-order valence-electron chi connectivity index (χ1n) is 10.3. The first-order valence-corrected chi connectivity index (χ1v) is 10.3. The van der Waals surface area contributed by atoms with Gasteiger partial charge >= 0.3 is 0 Å². The van der Waals surface area contributed by atoms with E-state index >= 15 is 0 Å². The molecule has 0 spiro atoms. The molecule has 2 aromatic rings. The summed E-state index contributed by atoms with van der Waals surface area (Å²) in [6.07, 6.45) is 6.74. The highest BCUT2D eigenvalue weighted by Gasteiger charge is 2.34. The van der Waals surface area contributed by atoms with E-state index in [1.54, 1.807) is 30.1 Å². The van der Waals surface area contributed by atoms with Gasteiger partial charge in [0.15, 0.2) is 0 Å². The van der Waals surface area contributed by atoms with Gasteiger partial charge in [-0.3, -0.25) is 24.0 Å². The monoisotopic (exact) mass is 396 g/mol. The van der Waals surface area contributed by atoms with Crippen molar-refractivity contribution in [2.45, 2.75) is 25.3 Å². The molecule has 4 heterocycles. The summed E-state index contributed by atoms with van der Waals surface area (Å²) in [4.78, 5) is 40.7. The standard InChI is InChI=1S/C21H28N6O2/c1-24-12-13-27(15-18(24)20(29)26-10-4-3-5-11-26)21-23-17(14-19(28)25(21)2)16-6-8-22-9-7-16/h6-9,14,18H,3-5,10-13,15H2,1-2H3. The zero-order valence-electron chi connectivity index (χ0n) is 17.1. The average molecular weight is 396 g/mol. The Hall–Kier alpha value is -2.74. The number of aromatic nitrogens is 3. The lowest BCUT2D eigenvalue weighted by molar-refractivity contribution is -0.137. The van der Waals surface area contributed by atoms with Crippen LogP contribution in [0.3, 0.4) is 0 Å². The van der Waals surface area contributed by atoms with Crippen molar-refractivity contribution in [2.24, 2.45) is 7.05 Å². The van der Waals surface area contributed by atoms with Gasteiger partial charge in [0, 0.05) is 63.8 Å². The number of carbonyl (C=O) groups excluding carboxylic acids is 1. The summed E-state index contributed by atoms with van der Waals surface area (Å²) in [6, 6.07) is 5.02. The Morgan fingerprint density at radius 3 is 2.48 bits per heavy atom. The number of likely N-dealkylation sites (tertiary alicyclic amines) is 1. The lowest BCUT2D eigenvalue weighted by atomic mass is 10.1. The molecular weight excluding hydrogens is 368 g/mol. The van der Waals surface area contributed by atoms with Crippen molar-refractivity contribution in [3.05, 3.63) is 40.9 Å². The van der Waals surface area contributed by atoms with Crippen molar-refractivity contribution in [1.82, 2.24) is 24.3 Å². The molecule has 8 nitrogen and oxygen atoms in total. The number of hydrogen-bond acceptors (Lipinski definition) is 6. The van der Waals surface area contributed by atoms with E-state index in [2.05, 4.69) is 14.8 Å². The number of carbonyl (C=O) groups is 1. The van der Waals surface area contributed by atoms with E-state index in [1.807, 2.05) is 24.1 Å². The Morgan fingerprint density at radius 2 is 1.76 bits per heavy atom. The van der Waals surface area contributed by atoms with Crippen LogP contribution in [-0.2, 0) is 11.8 Å². The fourth-order valence-electron chi connectivity index (χ4n) is 4.13. The molecule has 29 heavy (non-hydrogen) atoms. The highest BCUT2D eigenvalue weighted by Crippen LogP contribution is 2.21. The van der Waals surface area contributed by atoms with Crippen LogP contribution in [-0.4, -0.2) is 76.1 Å². The third-order valence-corrected chi connectivity index (χ3v) is 5.97. The summed E-state index contributed by atoms with van der Waals surface area (Å²) in [5.74, 6) is 0.793. The normalized spacial score (nSPS) is 20.7. The number of pyridine rings is 1. The maximum absolute atomic E-state index is 13.1. The second-order valence-corrected chi connectivity index (χ2v) is 7.90. The van der Waals surface area contributed by atoms with Crippen molar-refractivity contribution in [2.75, 3.05) is 44.7 Å². The zero-order chi connectivity index (χ0) is 20.4. The van der Waals surface area contributed by atoms with E-state index in [1.165, 1.54) is 6.42 Å². The van der Waals surface area contributed by atoms with Gasteiger partial charge in [0.25, 0.3) is 5.56 Å². The van der Waals surface area contributed by atoms with Crippen LogP contribution in [0.2, 0.25) is 0 Å². The summed E-state index contributed by atoms with van der Waals surface area (Å²) >= 11 is 0. The van der Waals surface area contributed by atoms with Crippen molar-refractivity contribution in [3.8, 4) is 11.3 Å². The molecule has 2 aliphatic heterocycles. The number of amides is 1. The van der Waals surface area contributed by atoms with Gasteiger partial charge in [0.2, 0.25) is 11.9 Å². The van der Waals surface area contributed by atoms with Crippen LogP contribution in [0.1, 0.15) is 19.3 Å². The van der Waals surface area contributed by atoms with Crippen molar-refractivity contribution >= 4 is 11.9 Å². The topological polar surface area (TPSA) is 74.6 Å². The first kappa shape index (κ1) is 19.6. The molecule has 4 rings (SSSR count). The third-order valence-electron chi connectivity index (χ3n) is 5.97. The van der Waals surface area contributed by atoms with E-state index in [0.29, 0.717) is 18.2 Å². The van der Waals surface area contributed by atoms with Gasteiger partial charge in [0.05, 0.1) is 5.69 Å². The maximum Gasteiger partial charge on any atom is 0.255 e. The van der Waals surface area contributed by atoms with E-state index in [9.17, 15) is 9.59 Å². The first-order chi connectivity index (χ1) is 14.0. The molecule has 8 heteroatoms. The molecular formula is C21H28N6O2. The van der Waals surface area contributed by atoms with Gasteiger partial charge in [-0.15, -0.1) is 0 Å². The largest absolute Gasteiger partial charge is 0.341 e. The van der Waals surface area contributed by atoms with Crippen LogP contribution in [0, 0.1) is 0 Å². The van der Waals surface area contributed by atoms with Gasteiger partial charge in [0.1, 0.15) is 6.04 Å². The van der Waals surface area contributed by atoms with Crippen LogP contribution in [0.4, 0.5) is 5.95 Å². The van der Waals surface area contributed by atoms with E-state index < -0.39 is 0 Å². The van der Waals surface area contributed by atoms with Gasteiger partial charge in [-0.1, -0.05) is 0 Å². The lowest BCUT2D eigenvalue weighted by Crippen LogP contribution is -2.59. The van der Waals surface area contributed by atoms with Crippen LogP contribution in [0.5, 0.6) is 0 Å². The highest BCUT2D eigenvalue weighted by molar-refractivity contribution is 5.83. The zero-order valence-corrected chi connectivity index (χ0v) is 17.1. The smallest absolute Gasteiger partial charge is 0.255 e. The van der Waals surface area contributed by atoms with Crippen molar-refractivity contribution in [1.29, 1.82) is 0 Å². The molecule has 2 aliphatic rings. The number of nitrogens with zero attached hydrogens (tertiary/aromatic N) is 6. The van der Waals surface area contributed by atoms with Crippen LogP contribution in [0.25, 0.3) is 11.3 Å². The fourth-order valence-corrected chi connectivity index (χ4v) is 4.13. The lowest BCUT2D eigenvalue weighted by Gasteiger charge is -2.42. The van der Waals surface area contributed by atoms with Crippen LogP contribution in [0.15, 0.2) is 35.4 Å². The summed E-state index contributed by atoms with van der Waals surface area (Å²) in [5, 5.41) is 0. The quantitative estimate of drug-likeness (QED) is 0.770. The van der Waals surface area contributed by atoms with Crippen molar-refractivity contribution < 1.29 is 4.79 Å². The predicted octanol–water partition coefficient (Wildman–Crippen LogP) is 0.975. The number of anilines is 1. The van der Waals surface area contributed by atoms with Crippen LogP contribution < -0.4 is 10.5 Å². The van der Waals surface area contributed by atoms with Gasteiger partial charge in [-0.05, 0) is 38.4 Å². The number of piperidine rings is 1. The van der Waals surface area contributed by atoms with Crippen molar-refractivity contribution in [3.63, 3.8) is 0 Å². The van der Waals surface area contributed by atoms with E-state index in [0.717, 1.165) is 44.6 Å². The second kappa shape index (κ2) is 8.32. The molecule has 1 unspecified atom stereocenters. The Kier molecular flexibility index (Phi) is 5.62. The molecule has 2 aromatic heterocycles. The predicted molar refractivity (Wildman–Crippen MR) is 112 cm³/mol. The SMILES string of the molecule is CN1CCN(c2nc(-c3ccncc3)cc(=O)n2C)CC1C(=O)N1CCCCC1. The molecule has 0 radical (unpaired) electrons. The number of hydrogen-bond donors (Lipinski definition) is 0. The molecule has 0 saturated carbocycles. The van der Waals surface area contributed by atoms with Crippen LogP contribution >= 0.6 is 0 Å². The Balaban J connectivity index is 1.61. The summed E-state index contributed by atoms with van der Waals surface area (Å²) in [7, 11) is 3.74. The van der Waals surface area contributed by atoms with Gasteiger partial charge in [-0.25, -0.2) is 4.98 Å². The Bertz CT molecular complexity index is 923. The minimum Gasteiger partial charge on any atom is -0.341 e. The molecule has 0 aromatic carbocycles. The minimum absolute atomic E-state index is 0.111. The molecule has 0 N–H and O–H groups in total. The highest BCUT2D eigenvalue weighted by atomic mass is 16.2. The molecule has 0 bridgehead atoms. The number of rotatable bonds is 3. The fraction of sp³-hybridized carbons (Fsp3) is 0.524.